The molecule has 4 rings (SSSR count). The molecule has 0 spiro atoms. The van der Waals surface area contributed by atoms with Crippen molar-refractivity contribution >= 4 is 33.2 Å². The van der Waals surface area contributed by atoms with Crippen molar-refractivity contribution in [3.05, 3.63) is 50.9 Å². The third-order valence-electron chi connectivity index (χ3n) is 4.70. The van der Waals surface area contributed by atoms with E-state index in [-0.39, 0.29) is 5.56 Å². The normalized spacial score (nSPS) is 14.0. The first-order chi connectivity index (χ1) is 11.8. The van der Waals surface area contributed by atoms with Crippen molar-refractivity contribution in [2.75, 3.05) is 5.88 Å². The molecule has 0 aliphatic heterocycles. The largest absolute Gasteiger partial charge is 0.310 e. The lowest BCUT2D eigenvalue weighted by Crippen LogP contribution is -2.11. The van der Waals surface area contributed by atoms with Crippen LogP contribution in [0.1, 0.15) is 36.2 Å². The van der Waals surface area contributed by atoms with Crippen molar-refractivity contribution in [3.63, 3.8) is 0 Å². The fourth-order valence-electron chi connectivity index (χ4n) is 3.46. The van der Waals surface area contributed by atoms with Crippen LogP contribution in [0, 0.1) is 0 Å². The monoisotopic (exact) mass is 358 g/mol. The van der Waals surface area contributed by atoms with Gasteiger partial charge in [0.05, 0.1) is 5.39 Å². The third-order valence-corrected chi connectivity index (χ3v) is 5.84. The summed E-state index contributed by atoms with van der Waals surface area (Å²) in [6, 6.07) is 6.63. The van der Waals surface area contributed by atoms with E-state index < -0.39 is 0 Å². The zero-order valence-electron chi connectivity index (χ0n) is 13.4. The summed E-state index contributed by atoms with van der Waals surface area (Å²) in [4.78, 5) is 20.9. The number of nitrogens with one attached hydrogen (secondary N) is 1. The molecule has 124 valence electrons. The van der Waals surface area contributed by atoms with Gasteiger partial charge in [0.2, 0.25) is 0 Å². The summed E-state index contributed by atoms with van der Waals surface area (Å²) in [5, 5.41) is 2.77. The predicted molar refractivity (Wildman–Crippen MR) is 101 cm³/mol. The molecule has 0 saturated heterocycles. The van der Waals surface area contributed by atoms with Gasteiger partial charge in [-0.3, -0.25) is 4.79 Å². The molecule has 0 unspecified atom stereocenters. The van der Waals surface area contributed by atoms with Gasteiger partial charge in [0.15, 0.2) is 0 Å². The molecule has 0 amide bonds. The van der Waals surface area contributed by atoms with Crippen molar-refractivity contribution in [2.24, 2.45) is 0 Å². The number of thiophene rings is 1. The van der Waals surface area contributed by atoms with Gasteiger partial charge in [-0.15, -0.1) is 22.9 Å². The molecule has 2 heterocycles. The molecular formula is C19H19ClN2OS. The smallest absolute Gasteiger partial charge is 0.260 e. The van der Waals surface area contributed by atoms with Crippen LogP contribution in [-0.2, 0) is 19.3 Å². The number of hydrogen-bond acceptors (Lipinski definition) is 3. The number of aromatic nitrogens is 2. The highest BCUT2D eigenvalue weighted by molar-refractivity contribution is 7.17. The van der Waals surface area contributed by atoms with Crippen LogP contribution < -0.4 is 5.56 Å². The van der Waals surface area contributed by atoms with Crippen molar-refractivity contribution in [3.8, 4) is 11.1 Å². The van der Waals surface area contributed by atoms with Crippen molar-refractivity contribution in [1.29, 1.82) is 0 Å². The highest BCUT2D eigenvalue weighted by Gasteiger charge is 2.15. The van der Waals surface area contributed by atoms with E-state index in [2.05, 4.69) is 33.5 Å². The number of fused-ring (bicyclic) bond motifs is 2. The van der Waals surface area contributed by atoms with Gasteiger partial charge in [0, 0.05) is 23.2 Å². The molecule has 0 bridgehead atoms. The molecule has 1 aromatic carbocycles. The molecule has 2 aromatic heterocycles. The number of rotatable bonds is 4. The Bertz CT molecular complexity index is 944. The number of nitrogens with zero attached hydrogens (tertiary/aromatic N) is 1. The lowest BCUT2D eigenvalue weighted by molar-refractivity contribution is 0.686. The average Bonchev–Trinajstić information content (AvgIpc) is 3.04. The SMILES string of the molecule is O=c1[nH]c(CCCCl)nc2scc(-c3ccc4c(c3)CCCC4)c12. The minimum Gasteiger partial charge on any atom is -0.310 e. The summed E-state index contributed by atoms with van der Waals surface area (Å²) >= 11 is 7.28. The summed E-state index contributed by atoms with van der Waals surface area (Å²) in [6.07, 6.45) is 6.38. The summed E-state index contributed by atoms with van der Waals surface area (Å²) in [6.45, 7) is 0. The summed E-state index contributed by atoms with van der Waals surface area (Å²) in [7, 11) is 0. The maximum Gasteiger partial charge on any atom is 0.260 e. The Morgan fingerprint density at radius 2 is 2.04 bits per heavy atom. The quantitative estimate of drug-likeness (QED) is 0.687. The van der Waals surface area contributed by atoms with Crippen LogP contribution in [0.15, 0.2) is 28.4 Å². The van der Waals surface area contributed by atoms with Gasteiger partial charge in [-0.25, -0.2) is 4.98 Å². The Morgan fingerprint density at radius 1 is 1.21 bits per heavy atom. The van der Waals surface area contributed by atoms with Crippen LogP contribution in [0.4, 0.5) is 0 Å². The van der Waals surface area contributed by atoms with E-state index in [4.69, 9.17) is 11.6 Å². The molecule has 0 fully saturated rings. The molecule has 0 saturated carbocycles. The first-order valence-corrected chi connectivity index (χ1v) is 9.86. The summed E-state index contributed by atoms with van der Waals surface area (Å²) in [5.41, 5.74) is 4.98. The Hall–Kier alpha value is -1.65. The second-order valence-electron chi connectivity index (χ2n) is 6.33. The molecule has 24 heavy (non-hydrogen) atoms. The van der Waals surface area contributed by atoms with Gasteiger partial charge in [0.1, 0.15) is 10.7 Å². The number of alkyl halides is 1. The number of aryl methyl sites for hydroxylation is 3. The second kappa shape index (κ2) is 6.69. The molecule has 1 N–H and O–H groups in total. The lowest BCUT2D eigenvalue weighted by Gasteiger charge is -2.16. The van der Waals surface area contributed by atoms with Gasteiger partial charge < -0.3 is 4.98 Å². The van der Waals surface area contributed by atoms with E-state index in [1.54, 1.807) is 11.3 Å². The van der Waals surface area contributed by atoms with Crippen molar-refractivity contribution in [1.82, 2.24) is 9.97 Å². The van der Waals surface area contributed by atoms with Gasteiger partial charge in [0.25, 0.3) is 5.56 Å². The van der Waals surface area contributed by atoms with Gasteiger partial charge in [-0.05, 0) is 48.8 Å². The van der Waals surface area contributed by atoms with E-state index >= 15 is 0 Å². The molecule has 3 aromatic rings. The Morgan fingerprint density at radius 3 is 2.88 bits per heavy atom. The van der Waals surface area contributed by atoms with Gasteiger partial charge in [-0.2, -0.15) is 0 Å². The number of halogens is 1. The predicted octanol–water partition coefficient (Wildman–Crippen LogP) is 4.70. The first kappa shape index (κ1) is 15.9. The van der Waals surface area contributed by atoms with E-state index in [0.717, 1.165) is 34.6 Å². The van der Waals surface area contributed by atoms with Gasteiger partial charge >= 0.3 is 0 Å². The van der Waals surface area contributed by atoms with Crippen LogP contribution >= 0.6 is 22.9 Å². The molecule has 3 nitrogen and oxygen atoms in total. The average molecular weight is 359 g/mol. The molecular weight excluding hydrogens is 340 g/mol. The first-order valence-electron chi connectivity index (χ1n) is 8.45. The lowest BCUT2D eigenvalue weighted by atomic mass is 9.89. The molecule has 5 heteroatoms. The van der Waals surface area contributed by atoms with Crippen molar-refractivity contribution < 1.29 is 0 Å². The standard InChI is InChI=1S/C19H19ClN2OS/c20-9-3-6-16-21-18(23)17-15(11-24-19(17)22-16)14-8-7-12-4-1-2-5-13(12)10-14/h7-8,10-11H,1-6,9H2,(H,21,22,23). The molecule has 1 aliphatic rings. The summed E-state index contributed by atoms with van der Waals surface area (Å²) < 4.78 is 0. The number of H-pyrrole nitrogens is 1. The van der Waals surface area contributed by atoms with E-state index in [9.17, 15) is 4.79 Å². The maximum atomic E-state index is 12.6. The molecule has 1 aliphatic carbocycles. The van der Waals surface area contributed by atoms with E-state index in [1.807, 2.05) is 0 Å². The van der Waals surface area contributed by atoms with Crippen LogP contribution in [0.3, 0.4) is 0 Å². The maximum absolute atomic E-state index is 12.6. The fourth-order valence-corrected chi connectivity index (χ4v) is 4.56. The highest BCUT2D eigenvalue weighted by Crippen LogP contribution is 2.33. The summed E-state index contributed by atoms with van der Waals surface area (Å²) in [5.74, 6) is 1.30. The molecule has 0 atom stereocenters. The number of aromatic amines is 1. The second-order valence-corrected chi connectivity index (χ2v) is 7.56. The van der Waals surface area contributed by atoms with Crippen LogP contribution in [0.5, 0.6) is 0 Å². The Kier molecular flexibility index (Phi) is 4.42. The van der Waals surface area contributed by atoms with Gasteiger partial charge in [-0.1, -0.05) is 18.2 Å². The van der Waals surface area contributed by atoms with E-state index in [0.29, 0.717) is 17.7 Å². The number of hydrogen-bond donors (Lipinski definition) is 1. The number of benzene rings is 1. The fraction of sp³-hybridized carbons (Fsp3) is 0.368. The minimum atomic E-state index is -0.0430. The third kappa shape index (κ3) is 2.89. The highest BCUT2D eigenvalue weighted by atomic mass is 35.5. The van der Waals surface area contributed by atoms with Crippen LogP contribution in [-0.4, -0.2) is 15.8 Å². The zero-order valence-corrected chi connectivity index (χ0v) is 15.0. The van der Waals surface area contributed by atoms with Crippen molar-refractivity contribution in [2.45, 2.75) is 38.5 Å². The Balaban J connectivity index is 1.79. The molecule has 0 radical (unpaired) electrons. The van der Waals surface area contributed by atoms with Crippen LogP contribution in [0.25, 0.3) is 21.3 Å². The Labute approximate surface area is 149 Å². The van der Waals surface area contributed by atoms with Crippen LogP contribution in [0.2, 0.25) is 0 Å². The topological polar surface area (TPSA) is 45.8 Å². The van der Waals surface area contributed by atoms with E-state index in [1.165, 1.54) is 30.4 Å². The zero-order chi connectivity index (χ0) is 16.5. The minimum absolute atomic E-state index is 0.0430.